The number of nitrogens with one attached hydrogen (secondary N) is 1. The molecule has 176 valence electrons. The second-order valence-electron chi connectivity index (χ2n) is 8.87. The van der Waals surface area contributed by atoms with Crippen molar-refractivity contribution >= 4 is 27.0 Å². The summed E-state index contributed by atoms with van der Waals surface area (Å²) in [7, 11) is -2.81. The Kier molecular flexibility index (Phi) is 6.36. The highest BCUT2D eigenvalue weighted by Crippen LogP contribution is 2.35. The van der Waals surface area contributed by atoms with Crippen molar-refractivity contribution < 1.29 is 4.21 Å². The van der Waals surface area contributed by atoms with Crippen molar-refractivity contribution in [2.24, 2.45) is 5.14 Å². The van der Waals surface area contributed by atoms with E-state index >= 15 is 0 Å². The maximum absolute atomic E-state index is 12.5. The van der Waals surface area contributed by atoms with E-state index in [0.717, 1.165) is 58.8 Å². The van der Waals surface area contributed by atoms with Gasteiger partial charge in [-0.25, -0.2) is 14.3 Å². The lowest BCUT2D eigenvalue weighted by Gasteiger charge is -2.37. The third-order valence-electron chi connectivity index (χ3n) is 6.32. The van der Waals surface area contributed by atoms with Gasteiger partial charge in [0.25, 0.3) is 0 Å². The van der Waals surface area contributed by atoms with E-state index in [1.165, 1.54) is 0 Å². The minimum absolute atomic E-state index is 0.0748. The standard InChI is InChI=1S/C26H30N6OS/c1-34(27,33)32-16-8-11-20(18-32)25-30-23-14-7-13-22(19-9-3-2-4-10-19)24(23)26(31-25)29-17-21-12-5-6-15-28-21/h2-7,9-10,12-15,20,34H,8,11,16-18H2,1H3,(H2,27,33)(H,29,30,31). The Labute approximate surface area is 201 Å². The highest BCUT2D eigenvalue weighted by molar-refractivity contribution is 7.98. The Morgan fingerprint density at radius 1 is 1.06 bits per heavy atom. The van der Waals surface area contributed by atoms with E-state index in [1.807, 2.05) is 52.8 Å². The van der Waals surface area contributed by atoms with Crippen LogP contribution >= 0.6 is 0 Å². The Morgan fingerprint density at radius 2 is 1.88 bits per heavy atom. The molecule has 8 heteroatoms. The zero-order valence-corrected chi connectivity index (χ0v) is 20.2. The predicted molar refractivity (Wildman–Crippen MR) is 140 cm³/mol. The van der Waals surface area contributed by atoms with E-state index in [0.29, 0.717) is 13.1 Å². The molecule has 5 rings (SSSR count). The number of nitrogens with two attached hydrogens (primary N) is 1. The number of nitrogens with zero attached hydrogens (tertiary/aromatic N) is 4. The normalized spacial score (nSPS) is 17.5. The average molecular weight is 475 g/mol. The molecule has 34 heavy (non-hydrogen) atoms. The molecule has 1 saturated heterocycles. The van der Waals surface area contributed by atoms with Gasteiger partial charge in [-0.3, -0.25) is 14.3 Å². The number of hydrogen-bond donors (Lipinski definition) is 3. The highest BCUT2D eigenvalue weighted by atomic mass is 32.3. The highest BCUT2D eigenvalue weighted by Gasteiger charge is 2.28. The van der Waals surface area contributed by atoms with Crippen molar-refractivity contribution in [3.63, 3.8) is 0 Å². The van der Waals surface area contributed by atoms with E-state index in [-0.39, 0.29) is 5.92 Å². The number of piperidine rings is 1. The molecule has 1 aliphatic heterocycles. The van der Waals surface area contributed by atoms with Crippen LogP contribution in [0, 0.1) is 0 Å². The Hall–Kier alpha value is -3.20. The molecule has 0 amide bonds. The average Bonchev–Trinajstić information content (AvgIpc) is 2.87. The van der Waals surface area contributed by atoms with Crippen LogP contribution in [0.4, 0.5) is 5.82 Å². The van der Waals surface area contributed by atoms with Crippen LogP contribution in [0.2, 0.25) is 0 Å². The third kappa shape index (κ3) is 4.84. The van der Waals surface area contributed by atoms with E-state index in [2.05, 4.69) is 28.5 Å². The van der Waals surface area contributed by atoms with E-state index in [4.69, 9.17) is 15.1 Å². The SMILES string of the molecule is C[SH](N)(=O)N1CCCC(c2nc(NCc3ccccn3)c3c(-c4ccccc4)cccc3n2)C1. The second kappa shape index (κ2) is 9.58. The fraction of sp³-hybridized carbons (Fsp3) is 0.269. The summed E-state index contributed by atoms with van der Waals surface area (Å²) in [5, 5.41) is 10.5. The molecule has 7 nitrogen and oxygen atoms in total. The third-order valence-corrected chi connectivity index (χ3v) is 7.80. The summed E-state index contributed by atoms with van der Waals surface area (Å²) >= 11 is 0. The maximum atomic E-state index is 12.5. The summed E-state index contributed by atoms with van der Waals surface area (Å²) in [6.07, 6.45) is 5.28. The number of rotatable bonds is 6. The summed E-state index contributed by atoms with van der Waals surface area (Å²) < 4.78 is 14.4. The summed E-state index contributed by atoms with van der Waals surface area (Å²) in [6.45, 7) is 1.91. The molecule has 0 saturated carbocycles. The lowest BCUT2D eigenvalue weighted by molar-refractivity contribution is 0.319. The van der Waals surface area contributed by atoms with E-state index in [1.54, 1.807) is 12.5 Å². The summed E-state index contributed by atoms with van der Waals surface area (Å²) in [5.74, 6) is 1.62. The van der Waals surface area contributed by atoms with Gasteiger partial charge < -0.3 is 5.32 Å². The smallest absolute Gasteiger partial charge is 0.138 e. The van der Waals surface area contributed by atoms with Crippen LogP contribution in [0.15, 0.2) is 72.9 Å². The van der Waals surface area contributed by atoms with Gasteiger partial charge >= 0.3 is 0 Å². The zero-order valence-electron chi connectivity index (χ0n) is 19.3. The van der Waals surface area contributed by atoms with Gasteiger partial charge in [-0.2, -0.15) is 0 Å². The number of hydrogen-bond acceptors (Lipinski definition) is 5. The van der Waals surface area contributed by atoms with E-state index < -0.39 is 10.3 Å². The number of anilines is 1. The molecule has 2 aromatic heterocycles. The van der Waals surface area contributed by atoms with Gasteiger partial charge in [0.05, 0.1) is 23.1 Å². The molecular formula is C26H30N6OS. The summed E-state index contributed by atoms with van der Waals surface area (Å²) in [4.78, 5) is 14.5. The van der Waals surface area contributed by atoms with Crippen LogP contribution in [-0.2, 0) is 16.8 Å². The Bertz CT molecular complexity index is 1330. The number of fused-ring (bicyclic) bond motifs is 1. The van der Waals surface area contributed by atoms with Crippen LogP contribution in [0.5, 0.6) is 0 Å². The minimum Gasteiger partial charge on any atom is -0.364 e. The van der Waals surface area contributed by atoms with Crippen molar-refractivity contribution in [1.82, 2.24) is 19.3 Å². The fourth-order valence-corrected chi connectivity index (χ4v) is 5.64. The van der Waals surface area contributed by atoms with Gasteiger partial charge in [0, 0.05) is 31.5 Å². The first-order chi connectivity index (χ1) is 16.5. The summed E-state index contributed by atoms with van der Waals surface area (Å²) in [5.41, 5.74) is 4.02. The molecule has 3 heterocycles. The van der Waals surface area contributed by atoms with Crippen molar-refractivity contribution in [2.45, 2.75) is 25.3 Å². The first-order valence-corrected chi connectivity index (χ1v) is 13.8. The zero-order chi connectivity index (χ0) is 23.5. The number of pyridine rings is 1. The molecule has 2 aromatic carbocycles. The van der Waals surface area contributed by atoms with E-state index in [9.17, 15) is 4.21 Å². The molecular weight excluding hydrogens is 444 g/mol. The molecule has 1 aliphatic rings. The number of aromatic nitrogens is 3. The first kappa shape index (κ1) is 22.6. The molecule has 0 radical (unpaired) electrons. The van der Waals surface area contributed by atoms with Crippen molar-refractivity contribution in [1.29, 1.82) is 0 Å². The quantitative estimate of drug-likeness (QED) is 0.368. The van der Waals surface area contributed by atoms with Crippen molar-refractivity contribution in [3.05, 3.63) is 84.4 Å². The van der Waals surface area contributed by atoms with Crippen molar-refractivity contribution in [2.75, 3.05) is 24.7 Å². The minimum atomic E-state index is -2.81. The molecule has 4 aromatic rings. The van der Waals surface area contributed by atoms with Crippen LogP contribution in [-0.4, -0.2) is 42.8 Å². The Balaban J connectivity index is 1.59. The summed E-state index contributed by atoms with van der Waals surface area (Å²) in [6, 6.07) is 22.4. The number of thiol groups is 1. The lowest BCUT2D eigenvalue weighted by Crippen LogP contribution is -2.47. The van der Waals surface area contributed by atoms with Gasteiger partial charge in [0.15, 0.2) is 0 Å². The van der Waals surface area contributed by atoms with Gasteiger partial charge in [0.1, 0.15) is 11.6 Å². The topological polar surface area (TPSA) is 97.0 Å². The van der Waals surface area contributed by atoms with Gasteiger partial charge in [0.2, 0.25) is 0 Å². The van der Waals surface area contributed by atoms with Crippen LogP contribution in [0.25, 0.3) is 22.0 Å². The maximum Gasteiger partial charge on any atom is 0.138 e. The van der Waals surface area contributed by atoms with Crippen LogP contribution in [0.1, 0.15) is 30.3 Å². The molecule has 1 atom stereocenters. The number of benzene rings is 2. The van der Waals surface area contributed by atoms with Crippen LogP contribution in [0.3, 0.4) is 0 Å². The largest absolute Gasteiger partial charge is 0.364 e. The first-order valence-electron chi connectivity index (χ1n) is 11.6. The van der Waals surface area contributed by atoms with Crippen LogP contribution < -0.4 is 10.5 Å². The monoisotopic (exact) mass is 474 g/mol. The fourth-order valence-electron chi connectivity index (χ4n) is 4.58. The second-order valence-corrected chi connectivity index (χ2v) is 11.3. The van der Waals surface area contributed by atoms with Gasteiger partial charge in [-0.15, -0.1) is 0 Å². The van der Waals surface area contributed by atoms with Gasteiger partial charge in [-0.05, 0) is 52.5 Å². The molecule has 0 bridgehead atoms. The molecule has 3 N–H and O–H groups in total. The molecule has 0 spiro atoms. The molecule has 1 fully saturated rings. The van der Waals surface area contributed by atoms with Gasteiger partial charge in [-0.1, -0.05) is 48.5 Å². The lowest BCUT2D eigenvalue weighted by atomic mass is 9.97. The molecule has 1 unspecified atom stereocenters. The molecule has 0 aliphatic carbocycles. The van der Waals surface area contributed by atoms with Crippen molar-refractivity contribution in [3.8, 4) is 11.1 Å². The Morgan fingerprint density at radius 3 is 2.65 bits per heavy atom. The predicted octanol–water partition coefficient (Wildman–Crippen LogP) is 3.92.